The molecular formula is C21H23N3O5. The zero-order valence-corrected chi connectivity index (χ0v) is 16.2. The summed E-state index contributed by atoms with van der Waals surface area (Å²) in [5.41, 5.74) is 0.897. The van der Waals surface area contributed by atoms with Crippen LogP contribution in [0.1, 0.15) is 40.6 Å². The molecule has 2 aromatic rings. The van der Waals surface area contributed by atoms with Gasteiger partial charge in [-0.15, -0.1) is 0 Å². The molecule has 1 aliphatic rings. The van der Waals surface area contributed by atoms with Gasteiger partial charge in [0.2, 0.25) is 0 Å². The molecule has 8 heteroatoms. The Morgan fingerprint density at radius 3 is 2.45 bits per heavy atom. The zero-order valence-electron chi connectivity index (χ0n) is 16.2. The van der Waals surface area contributed by atoms with E-state index in [1.54, 1.807) is 60.5 Å². The second kappa shape index (κ2) is 9.68. The second-order valence-corrected chi connectivity index (χ2v) is 6.56. The third-order valence-corrected chi connectivity index (χ3v) is 4.58. The fourth-order valence-electron chi connectivity index (χ4n) is 3.06. The Hall–Kier alpha value is -3.42. The number of hydrogen-bond acceptors (Lipinski definition) is 6. The fraction of sp³-hybridized carbons (Fsp3) is 0.333. The average molecular weight is 397 g/mol. The maximum absolute atomic E-state index is 12.5. The average Bonchev–Trinajstić information content (AvgIpc) is 2.75. The quantitative estimate of drug-likeness (QED) is 0.615. The highest BCUT2D eigenvalue weighted by Crippen LogP contribution is 2.16. The van der Waals surface area contributed by atoms with Crippen LogP contribution in [0.2, 0.25) is 0 Å². The number of nitrogens with zero attached hydrogens (tertiary/aromatic N) is 2. The number of likely N-dealkylation sites (tertiary alicyclic amines) is 1. The molecule has 0 aliphatic carbocycles. The van der Waals surface area contributed by atoms with Crippen molar-refractivity contribution in [2.45, 2.75) is 25.8 Å². The first-order valence-corrected chi connectivity index (χ1v) is 9.52. The van der Waals surface area contributed by atoms with Gasteiger partial charge in [-0.05, 0) is 56.2 Å². The Labute approximate surface area is 168 Å². The summed E-state index contributed by atoms with van der Waals surface area (Å²) in [5.74, 6) is 0.0103. The fourth-order valence-corrected chi connectivity index (χ4v) is 3.06. The molecule has 2 amide bonds. The number of amides is 2. The lowest BCUT2D eigenvalue weighted by Gasteiger charge is -2.32. The van der Waals surface area contributed by atoms with Gasteiger partial charge in [-0.1, -0.05) is 6.07 Å². The van der Waals surface area contributed by atoms with Gasteiger partial charge in [0.25, 0.3) is 11.8 Å². The maximum Gasteiger partial charge on any atom is 0.513 e. The first-order chi connectivity index (χ1) is 14.1. The first kappa shape index (κ1) is 20.3. The van der Waals surface area contributed by atoms with Crippen LogP contribution in [0, 0.1) is 0 Å². The predicted octanol–water partition coefficient (Wildman–Crippen LogP) is 2.65. The lowest BCUT2D eigenvalue weighted by Crippen LogP contribution is -2.46. The summed E-state index contributed by atoms with van der Waals surface area (Å²) in [4.78, 5) is 42.0. The Morgan fingerprint density at radius 2 is 1.83 bits per heavy atom. The minimum absolute atomic E-state index is 0.00857. The van der Waals surface area contributed by atoms with Crippen LogP contribution in [0.3, 0.4) is 0 Å². The van der Waals surface area contributed by atoms with E-state index in [0.717, 1.165) is 0 Å². The minimum atomic E-state index is -0.781. The van der Waals surface area contributed by atoms with Gasteiger partial charge in [0, 0.05) is 30.9 Å². The molecule has 0 radical (unpaired) electrons. The van der Waals surface area contributed by atoms with Gasteiger partial charge in [-0.25, -0.2) is 4.79 Å². The van der Waals surface area contributed by atoms with Crippen LogP contribution in [0.15, 0.2) is 48.7 Å². The number of aromatic nitrogens is 1. The Balaban J connectivity index is 1.48. The van der Waals surface area contributed by atoms with Gasteiger partial charge in [0.1, 0.15) is 11.4 Å². The molecule has 1 saturated heterocycles. The number of carbonyl (C=O) groups excluding carboxylic acids is 3. The van der Waals surface area contributed by atoms with Gasteiger partial charge in [-0.2, -0.15) is 0 Å². The molecular weight excluding hydrogens is 374 g/mol. The van der Waals surface area contributed by atoms with Crippen molar-refractivity contribution in [3.05, 3.63) is 59.9 Å². The number of piperidine rings is 1. The molecule has 152 valence electrons. The Kier molecular flexibility index (Phi) is 6.78. The molecule has 0 unspecified atom stereocenters. The standard InChI is InChI=1S/C21H23N3O5/c1-2-28-21(27)29-17-8-6-15(7-9-17)19(25)23-16-10-13-24(14-11-16)20(26)18-5-3-4-12-22-18/h3-9,12,16H,2,10-11,13-14H2,1H3,(H,23,25). The maximum atomic E-state index is 12.5. The number of pyridine rings is 1. The number of nitrogens with one attached hydrogen (secondary N) is 1. The highest BCUT2D eigenvalue weighted by molar-refractivity contribution is 5.94. The highest BCUT2D eigenvalue weighted by atomic mass is 16.7. The van der Waals surface area contributed by atoms with Crippen LogP contribution in [-0.2, 0) is 4.74 Å². The minimum Gasteiger partial charge on any atom is -0.434 e. The van der Waals surface area contributed by atoms with E-state index in [2.05, 4.69) is 10.3 Å². The lowest BCUT2D eigenvalue weighted by atomic mass is 10.0. The number of benzene rings is 1. The van der Waals surface area contributed by atoms with Crippen molar-refractivity contribution in [2.75, 3.05) is 19.7 Å². The molecule has 1 aromatic carbocycles. The largest absolute Gasteiger partial charge is 0.513 e. The van der Waals surface area contributed by atoms with Crippen LogP contribution in [0.4, 0.5) is 4.79 Å². The van der Waals surface area contributed by atoms with Crippen molar-refractivity contribution in [1.82, 2.24) is 15.2 Å². The number of carbonyl (C=O) groups is 3. The van der Waals surface area contributed by atoms with Crippen molar-refractivity contribution >= 4 is 18.0 Å². The van der Waals surface area contributed by atoms with Gasteiger partial charge >= 0.3 is 6.16 Å². The van der Waals surface area contributed by atoms with Crippen LogP contribution < -0.4 is 10.1 Å². The topological polar surface area (TPSA) is 97.8 Å². The number of ether oxygens (including phenoxy) is 2. The molecule has 1 N–H and O–H groups in total. The Bertz CT molecular complexity index is 846. The summed E-state index contributed by atoms with van der Waals surface area (Å²) >= 11 is 0. The molecule has 3 rings (SSSR count). The predicted molar refractivity (Wildman–Crippen MR) is 105 cm³/mol. The highest BCUT2D eigenvalue weighted by Gasteiger charge is 2.25. The third-order valence-electron chi connectivity index (χ3n) is 4.58. The Morgan fingerprint density at radius 1 is 1.10 bits per heavy atom. The molecule has 2 heterocycles. The van der Waals surface area contributed by atoms with Crippen LogP contribution in [-0.4, -0.2) is 53.6 Å². The number of hydrogen-bond donors (Lipinski definition) is 1. The SMILES string of the molecule is CCOC(=O)Oc1ccc(C(=O)NC2CCN(C(=O)c3ccccn3)CC2)cc1. The first-order valence-electron chi connectivity index (χ1n) is 9.52. The molecule has 0 saturated carbocycles. The van der Waals surface area contributed by atoms with Crippen molar-refractivity contribution in [1.29, 1.82) is 0 Å². The van der Waals surface area contributed by atoms with E-state index in [1.165, 1.54) is 0 Å². The van der Waals surface area contributed by atoms with Crippen molar-refractivity contribution in [3.8, 4) is 5.75 Å². The molecule has 0 bridgehead atoms. The van der Waals surface area contributed by atoms with Crippen molar-refractivity contribution in [3.63, 3.8) is 0 Å². The van der Waals surface area contributed by atoms with E-state index >= 15 is 0 Å². The van der Waals surface area contributed by atoms with E-state index in [1.807, 2.05) is 0 Å². The summed E-state index contributed by atoms with van der Waals surface area (Å²) in [6.45, 7) is 3.04. The molecule has 29 heavy (non-hydrogen) atoms. The van der Waals surface area contributed by atoms with E-state index in [4.69, 9.17) is 9.47 Å². The zero-order chi connectivity index (χ0) is 20.6. The van der Waals surface area contributed by atoms with Crippen LogP contribution >= 0.6 is 0 Å². The second-order valence-electron chi connectivity index (χ2n) is 6.56. The van der Waals surface area contributed by atoms with Crippen LogP contribution in [0.25, 0.3) is 0 Å². The molecule has 1 aliphatic heterocycles. The monoisotopic (exact) mass is 397 g/mol. The summed E-state index contributed by atoms with van der Waals surface area (Å²) in [7, 11) is 0. The van der Waals surface area contributed by atoms with Gasteiger partial charge < -0.3 is 19.7 Å². The third kappa shape index (κ3) is 5.54. The van der Waals surface area contributed by atoms with Crippen molar-refractivity contribution < 1.29 is 23.9 Å². The van der Waals surface area contributed by atoms with E-state index in [-0.39, 0.29) is 24.5 Å². The molecule has 1 aromatic heterocycles. The summed E-state index contributed by atoms with van der Waals surface area (Å²) in [6.07, 6.45) is 2.17. The molecule has 0 spiro atoms. The van der Waals surface area contributed by atoms with Gasteiger partial charge in [0.15, 0.2) is 0 Å². The van der Waals surface area contributed by atoms with E-state index in [0.29, 0.717) is 42.9 Å². The van der Waals surface area contributed by atoms with E-state index in [9.17, 15) is 14.4 Å². The molecule has 0 atom stereocenters. The van der Waals surface area contributed by atoms with Crippen LogP contribution in [0.5, 0.6) is 5.75 Å². The summed E-state index contributed by atoms with van der Waals surface area (Å²) in [5, 5.41) is 2.99. The summed E-state index contributed by atoms with van der Waals surface area (Å²) in [6, 6.07) is 11.5. The lowest BCUT2D eigenvalue weighted by molar-refractivity contribution is 0.0692. The molecule has 8 nitrogen and oxygen atoms in total. The normalized spacial score (nSPS) is 14.2. The molecule has 1 fully saturated rings. The number of rotatable bonds is 5. The van der Waals surface area contributed by atoms with Gasteiger partial charge in [-0.3, -0.25) is 14.6 Å². The van der Waals surface area contributed by atoms with E-state index < -0.39 is 6.16 Å². The summed E-state index contributed by atoms with van der Waals surface area (Å²) < 4.78 is 9.68. The smallest absolute Gasteiger partial charge is 0.434 e. The van der Waals surface area contributed by atoms with Gasteiger partial charge in [0.05, 0.1) is 6.61 Å². The van der Waals surface area contributed by atoms with Crippen molar-refractivity contribution in [2.24, 2.45) is 0 Å².